The lowest BCUT2D eigenvalue weighted by atomic mass is 10.1. The van der Waals surface area contributed by atoms with E-state index in [0.29, 0.717) is 24.7 Å². The summed E-state index contributed by atoms with van der Waals surface area (Å²) in [6.45, 7) is 0.225. The third-order valence-corrected chi connectivity index (χ3v) is 5.02. The molecule has 12 heteroatoms. The van der Waals surface area contributed by atoms with E-state index in [9.17, 15) is 22.8 Å². The van der Waals surface area contributed by atoms with Crippen molar-refractivity contribution in [3.8, 4) is 11.5 Å². The van der Waals surface area contributed by atoms with Crippen molar-refractivity contribution < 1.29 is 36.7 Å². The summed E-state index contributed by atoms with van der Waals surface area (Å²) in [5.41, 5.74) is -1.08. The topological polar surface area (TPSA) is 102 Å². The molecule has 3 aromatic rings. The van der Waals surface area contributed by atoms with Gasteiger partial charge in [0.05, 0.1) is 34.6 Å². The SMILES string of the molecule is O=C(CNc1ccc(NC(=O)c2ccoc2)cc1C(F)(F)F)Nc1cc2c(cc1Cl)OCCO2. The predicted octanol–water partition coefficient (Wildman–Crippen LogP) is 5.03. The first-order valence-electron chi connectivity index (χ1n) is 9.88. The Morgan fingerprint density at radius 2 is 1.71 bits per heavy atom. The van der Waals surface area contributed by atoms with Crippen LogP contribution in [0.15, 0.2) is 53.3 Å². The van der Waals surface area contributed by atoms with Crippen LogP contribution in [0.2, 0.25) is 5.02 Å². The van der Waals surface area contributed by atoms with Crippen LogP contribution in [-0.2, 0) is 11.0 Å². The molecule has 2 aromatic carbocycles. The number of hydrogen-bond acceptors (Lipinski definition) is 6. The van der Waals surface area contributed by atoms with Gasteiger partial charge in [0.1, 0.15) is 19.5 Å². The Labute approximate surface area is 196 Å². The van der Waals surface area contributed by atoms with Crippen molar-refractivity contribution in [1.29, 1.82) is 0 Å². The summed E-state index contributed by atoms with van der Waals surface area (Å²) in [5, 5.41) is 7.55. The predicted molar refractivity (Wildman–Crippen MR) is 118 cm³/mol. The molecule has 0 saturated carbocycles. The van der Waals surface area contributed by atoms with E-state index in [1.54, 1.807) is 0 Å². The first kappa shape index (κ1) is 23.3. The Morgan fingerprint density at radius 1 is 0.971 bits per heavy atom. The normalized spacial score (nSPS) is 12.7. The van der Waals surface area contributed by atoms with Gasteiger partial charge in [-0.1, -0.05) is 11.6 Å². The molecule has 8 nitrogen and oxygen atoms in total. The Morgan fingerprint density at radius 3 is 2.38 bits per heavy atom. The van der Waals surface area contributed by atoms with Crippen molar-refractivity contribution in [2.45, 2.75) is 6.18 Å². The molecule has 0 aliphatic carbocycles. The minimum Gasteiger partial charge on any atom is -0.486 e. The number of halogens is 4. The minimum absolute atomic E-state index is 0.0726. The van der Waals surface area contributed by atoms with E-state index < -0.39 is 30.1 Å². The summed E-state index contributed by atoms with van der Waals surface area (Å²) >= 11 is 6.14. The lowest BCUT2D eigenvalue weighted by molar-refractivity contribution is -0.137. The number of furan rings is 1. The third-order valence-electron chi connectivity index (χ3n) is 4.71. The van der Waals surface area contributed by atoms with Crippen molar-refractivity contribution in [3.63, 3.8) is 0 Å². The second kappa shape index (κ2) is 9.56. The first-order chi connectivity index (χ1) is 16.2. The number of fused-ring (bicyclic) bond motifs is 1. The summed E-state index contributed by atoms with van der Waals surface area (Å²) in [6.07, 6.45) is -2.30. The number of anilines is 3. The number of hydrogen-bond donors (Lipinski definition) is 3. The number of carbonyl (C=O) groups is 2. The van der Waals surface area contributed by atoms with Crippen LogP contribution in [0.1, 0.15) is 15.9 Å². The number of carbonyl (C=O) groups excluding carboxylic acids is 2. The van der Waals surface area contributed by atoms with E-state index in [1.165, 1.54) is 36.8 Å². The lowest BCUT2D eigenvalue weighted by Crippen LogP contribution is -2.24. The van der Waals surface area contributed by atoms with Crippen LogP contribution in [-0.4, -0.2) is 31.6 Å². The van der Waals surface area contributed by atoms with Crippen molar-refractivity contribution in [2.75, 3.05) is 35.7 Å². The zero-order valence-electron chi connectivity index (χ0n) is 17.3. The number of benzene rings is 2. The first-order valence-corrected chi connectivity index (χ1v) is 10.3. The molecule has 1 aliphatic rings. The summed E-state index contributed by atoms with van der Waals surface area (Å²) in [6, 6.07) is 7.52. The van der Waals surface area contributed by atoms with Gasteiger partial charge >= 0.3 is 6.18 Å². The highest BCUT2D eigenvalue weighted by molar-refractivity contribution is 6.34. The molecule has 0 spiro atoms. The zero-order chi connectivity index (χ0) is 24.3. The summed E-state index contributed by atoms with van der Waals surface area (Å²) < 4.78 is 56.5. The van der Waals surface area contributed by atoms with E-state index in [0.717, 1.165) is 12.1 Å². The van der Waals surface area contributed by atoms with Crippen LogP contribution in [0.3, 0.4) is 0 Å². The van der Waals surface area contributed by atoms with Gasteiger partial charge in [0.2, 0.25) is 5.91 Å². The van der Waals surface area contributed by atoms with Gasteiger partial charge in [-0.15, -0.1) is 0 Å². The van der Waals surface area contributed by atoms with Crippen LogP contribution in [0.4, 0.5) is 30.2 Å². The molecular weight excluding hydrogens is 479 g/mol. The Kier molecular flexibility index (Phi) is 6.55. The van der Waals surface area contributed by atoms with Crippen LogP contribution in [0.25, 0.3) is 0 Å². The second-order valence-electron chi connectivity index (χ2n) is 7.10. The smallest absolute Gasteiger partial charge is 0.418 e. The largest absolute Gasteiger partial charge is 0.486 e. The maximum atomic E-state index is 13.6. The third kappa shape index (κ3) is 5.37. The summed E-state index contributed by atoms with van der Waals surface area (Å²) in [7, 11) is 0. The number of ether oxygens (including phenoxy) is 2. The van der Waals surface area contributed by atoms with Crippen LogP contribution >= 0.6 is 11.6 Å². The summed E-state index contributed by atoms with van der Waals surface area (Å²) in [4.78, 5) is 24.4. The molecule has 0 atom stereocenters. The average molecular weight is 496 g/mol. The lowest BCUT2D eigenvalue weighted by Gasteiger charge is -2.20. The van der Waals surface area contributed by atoms with E-state index >= 15 is 0 Å². The fraction of sp³-hybridized carbons (Fsp3) is 0.182. The molecule has 178 valence electrons. The van der Waals surface area contributed by atoms with Gasteiger partial charge in [-0.2, -0.15) is 13.2 Å². The highest BCUT2D eigenvalue weighted by atomic mass is 35.5. The highest BCUT2D eigenvalue weighted by Crippen LogP contribution is 2.38. The van der Waals surface area contributed by atoms with Crippen LogP contribution in [0.5, 0.6) is 11.5 Å². The maximum Gasteiger partial charge on any atom is 0.418 e. The number of rotatable bonds is 6. The van der Waals surface area contributed by atoms with Crippen LogP contribution in [0, 0.1) is 0 Å². The molecule has 1 aromatic heterocycles. The van der Waals surface area contributed by atoms with Crippen molar-refractivity contribution in [3.05, 3.63) is 65.1 Å². The number of amides is 2. The monoisotopic (exact) mass is 495 g/mol. The van der Waals surface area contributed by atoms with Crippen molar-refractivity contribution >= 4 is 40.5 Å². The molecule has 0 radical (unpaired) electrons. The molecule has 0 unspecified atom stereocenters. The van der Waals surface area contributed by atoms with Crippen LogP contribution < -0.4 is 25.4 Å². The van der Waals surface area contributed by atoms with E-state index in [2.05, 4.69) is 16.0 Å². The molecular formula is C22H17ClF3N3O5. The Hall–Kier alpha value is -3.86. The fourth-order valence-corrected chi connectivity index (χ4v) is 3.34. The van der Waals surface area contributed by atoms with Gasteiger partial charge in [0.25, 0.3) is 5.91 Å². The maximum absolute atomic E-state index is 13.6. The molecule has 0 saturated heterocycles. The zero-order valence-corrected chi connectivity index (χ0v) is 18.0. The van der Waals surface area contributed by atoms with Crippen molar-refractivity contribution in [1.82, 2.24) is 0 Å². The number of alkyl halides is 3. The van der Waals surface area contributed by atoms with E-state index in [4.69, 9.17) is 25.5 Å². The summed E-state index contributed by atoms with van der Waals surface area (Å²) in [5.74, 6) is -0.434. The standard InChI is InChI=1S/C22H17ClF3N3O5/c23-15-8-18-19(34-6-5-33-18)9-17(15)29-20(30)10-27-16-2-1-13(7-14(16)22(24,25)26)28-21(31)12-3-4-32-11-12/h1-4,7-9,11,27H,5-6,10H2,(H,28,31)(H,29,30). The Balaban J connectivity index is 1.44. The van der Waals surface area contributed by atoms with E-state index in [-0.39, 0.29) is 27.6 Å². The second-order valence-corrected chi connectivity index (χ2v) is 7.51. The molecule has 2 amide bonds. The molecule has 3 N–H and O–H groups in total. The van der Waals surface area contributed by atoms with Crippen molar-refractivity contribution in [2.24, 2.45) is 0 Å². The average Bonchev–Trinajstić information content (AvgIpc) is 3.33. The molecule has 34 heavy (non-hydrogen) atoms. The van der Waals surface area contributed by atoms with Gasteiger partial charge in [0.15, 0.2) is 11.5 Å². The molecule has 0 fully saturated rings. The Bertz CT molecular complexity index is 1220. The van der Waals surface area contributed by atoms with Gasteiger partial charge in [-0.25, -0.2) is 0 Å². The van der Waals surface area contributed by atoms with Gasteiger partial charge < -0.3 is 29.8 Å². The van der Waals surface area contributed by atoms with Gasteiger partial charge in [0, 0.05) is 23.5 Å². The highest BCUT2D eigenvalue weighted by Gasteiger charge is 2.34. The van der Waals surface area contributed by atoms with Gasteiger partial charge in [-0.05, 0) is 24.3 Å². The fourth-order valence-electron chi connectivity index (χ4n) is 3.14. The van der Waals surface area contributed by atoms with E-state index in [1.807, 2.05) is 0 Å². The number of nitrogens with one attached hydrogen (secondary N) is 3. The minimum atomic E-state index is -4.74. The molecule has 1 aliphatic heterocycles. The quantitative estimate of drug-likeness (QED) is 0.443. The van der Waals surface area contributed by atoms with Gasteiger partial charge in [-0.3, -0.25) is 9.59 Å². The molecule has 2 heterocycles. The molecule has 4 rings (SSSR count). The molecule has 0 bridgehead atoms.